The van der Waals surface area contributed by atoms with E-state index >= 15 is 0 Å². The van der Waals surface area contributed by atoms with E-state index in [-0.39, 0.29) is 0 Å². The fourth-order valence-electron chi connectivity index (χ4n) is 0.161. The lowest BCUT2D eigenvalue weighted by Gasteiger charge is -2.15. The minimum absolute atomic E-state index is 1.62. The largest absolute Gasteiger partial charge is 0.811 e. The SMILES string of the molecule is [CH2+]C#CC([CH2+])([CH2-])[O-]. The molecule has 0 atom stereocenters. The lowest BCUT2D eigenvalue weighted by Crippen LogP contribution is -2.35. The first kappa shape index (κ1) is 6.26. The summed E-state index contributed by atoms with van der Waals surface area (Å²) in [6.45, 7) is 9.29. The molecule has 0 heterocycles. The number of rotatable bonds is 0. The molecule has 36 valence electrons. The molecule has 0 saturated heterocycles. The van der Waals surface area contributed by atoms with Gasteiger partial charge in [-0.25, -0.2) is 0 Å². The molecule has 0 amide bonds. The fourth-order valence-corrected chi connectivity index (χ4v) is 0.161. The molecular weight excluding hydrogens is 88.1 g/mol. The lowest BCUT2D eigenvalue weighted by molar-refractivity contribution is -0.421. The van der Waals surface area contributed by atoms with Gasteiger partial charge in [0, 0.05) is 0 Å². The standard InChI is InChI=1S/C6H6O/c1-4-5-6(2,3)7/h1-3H2. The summed E-state index contributed by atoms with van der Waals surface area (Å²) in [5.41, 5.74) is -1.62. The highest BCUT2D eigenvalue weighted by Gasteiger charge is 2.00. The summed E-state index contributed by atoms with van der Waals surface area (Å²) in [5, 5.41) is 10.3. The molecule has 0 unspecified atom stereocenters. The van der Waals surface area contributed by atoms with E-state index in [9.17, 15) is 5.11 Å². The maximum absolute atomic E-state index is 10.3. The molecule has 0 saturated carbocycles. The zero-order valence-corrected chi connectivity index (χ0v) is 4.03. The number of hydrogen-bond acceptors (Lipinski definition) is 1. The summed E-state index contributed by atoms with van der Waals surface area (Å²) >= 11 is 0. The van der Waals surface area contributed by atoms with Gasteiger partial charge in [-0.2, -0.15) is 0 Å². The van der Waals surface area contributed by atoms with Crippen LogP contribution in [0.5, 0.6) is 0 Å². The molecule has 0 aromatic rings. The van der Waals surface area contributed by atoms with Crippen molar-refractivity contribution in [2.75, 3.05) is 0 Å². The Morgan fingerprint density at radius 1 is 1.71 bits per heavy atom. The maximum atomic E-state index is 10.3. The van der Waals surface area contributed by atoms with E-state index < -0.39 is 5.60 Å². The van der Waals surface area contributed by atoms with Gasteiger partial charge in [-0.05, 0) is 0 Å². The van der Waals surface area contributed by atoms with Crippen molar-refractivity contribution < 1.29 is 5.11 Å². The average Bonchev–Trinajstić information content (AvgIpc) is 1.30. The normalized spacial score (nSPS) is 16.3. The van der Waals surface area contributed by atoms with Crippen LogP contribution in [0.15, 0.2) is 0 Å². The Morgan fingerprint density at radius 3 is 2.14 bits per heavy atom. The Labute approximate surface area is 44.4 Å². The van der Waals surface area contributed by atoms with E-state index in [4.69, 9.17) is 0 Å². The Hall–Kier alpha value is -0.740. The molecule has 7 heavy (non-hydrogen) atoms. The van der Waals surface area contributed by atoms with Gasteiger partial charge >= 0.3 is 0 Å². The van der Waals surface area contributed by atoms with Crippen LogP contribution in [0, 0.1) is 32.6 Å². The molecular formula is C6H6O. The van der Waals surface area contributed by atoms with Gasteiger partial charge < -0.3 is 5.11 Å². The minimum atomic E-state index is -1.62. The van der Waals surface area contributed by atoms with Crippen molar-refractivity contribution in [2.45, 2.75) is 5.60 Å². The summed E-state index contributed by atoms with van der Waals surface area (Å²) < 4.78 is 0. The first-order valence-electron chi connectivity index (χ1n) is 1.76. The molecule has 0 aliphatic carbocycles. The third-order valence-electron chi connectivity index (χ3n) is 0.316. The van der Waals surface area contributed by atoms with Crippen molar-refractivity contribution in [3.63, 3.8) is 0 Å². The molecule has 0 aromatic heterocycles. The van der Waals surface area contributed by atoms with Crippen LogP contribution in [0.4, 0.5) is 0 Å². The predicted octanol–water partition coefficient (Wildman–Crippen LogP) is -0.409. The van der Waals surface area contributed by atoms with Crippen LogP contribution >= 0.6 is 0 Å². The van der Waals surface area contributed by atoms with Gasteiger partial charge in [0.05, 0.1) is 19.4 Å². The molecule has 0 rings (SSSR count). The third-order valence-corrected chi connectivity index (χ3v) is 0.316. The topological polar surface area (TPSA) is 23.1 Å². The molecule has 1 heteroatoms. The Balaban J connectivity index is 3.72. The Morgan fingerprint density at radius 2 is 2.14 bits per heavy atom. The molecule has 0 spiro atoms. The molecule has 0 aliphatic heterocycles. The van der Waals surface area contributed by atoms with E-state index in [1.165, 1.54) is 0 Å². The molecule has 0 aliphatic rings. The smallest absolute Gasteiger partial charge is 0.136 e. The van der Waals surface area contributed by atoms with Crippen LogP contribution in [-0.4, -0.2) is 5.60 Å². The molecule has 0 bridgehead atoms. The Bertz CT molecular complexity index is 97.6. The van der Waals surface area contributed by atoms with Gasteiger partial charge in [0.25, 0.3) is 0 Å². The molecule has 0 radical (unpaired) electrons. The van der Waals surface area contributed by atoms with Crippen molar-refractivity contribution in [2.24, 2.45) is 0 Å². The van der Waals surface area contributed by atoms with Crippen molar-refractivity contribution >= 4 is 0 Å². The second-order valence-corrected chi connectivity index (χ2v) is 1.30. The van der Waals surface area contributed by atoms with E-state index in [1.807, 2.05) is 0 Å². The van der Waals surface area contributed by atoms with Crippen LogP contribution in [0.25, 0.3) is 0 Å². The van der Waals surface area contributed by atoms with Crippen LogP contribution in [0.1, 0.15) is 0 Å². The van der Waals surface area contributed by atoms with E-state index in [2.05, 4.69) is 32.6 Å². The molecule has 0 fully saturated rings. The third kappa shape index (κ3) is 5.26. The first-order chi connectivity index (χ1) is 3.06. The molecule has 0 N–H and O–H groups in total. The van der Waals surface area contributed by atoms with Gasteiger partial charge in [-0.3, -0.25) is 6.92 Å². The lowest BCUT2D eigenvalue weighted by atomic mass is 10.1. The molecule has 1 nitrogen and oxygen atoms in total. The van der Waals surface area contributed by atoms with Gasteiger partial charge in [0.1, 0.15) is 11.8 Å². The monoisotopic (exact) mass is 94.0 g/mol. The minimum Gasteiger partial charge on any atom is -0.811 e. The van der Waals surface area contributed by atoms with Crippen LogP contribution in [0.3, 0.4) is 0 Å². The zero-order valence-electron chi connectivity index (χ0n) is 4.03. The van der Waals surface area contributed by atoms with Crippen LogP contribution in [0.2, 0.25) is 0 Å². The summed E-state index contributed by atoms with van der Waals surface area (Å²) in [6, 6.07) is 0. The summed E-state index contributed by atoms with van der Waals surface area (Å²) in [5.74, 6) is 4.32. The van der Waals surface area contributed by atoms with Crippen LogP contribution in [-0.2, 0) is 0 Å². The van der Waals surface area contributed by atoms with E-state index in [1.54, 1.807) is 0 Å². The van der Waals surface area contributed by atoms with Crippen molar-refractivity contribution in [1.29, 1.82) is 0 Å². The highest BCUT2D eigenvalue weighted by atomic mass is 16.3. The van der Waals surface area contributed by atoms with Crippen molar-refractivity contribution in [1.82, 2.24) is 0 Å². The average molecular weight is 94.1 g/mol. The highest BCUT2D eigenvalue weighted by Crippen LogP contribution is 1.87. The van der Waals surface area contributed by atoms with Crippen molar-refractivity contribution in [3.05, 3.63) is 20.8 Å². The van der Waals surface area contributed by atoms with Gasteiger partial charge in [0.2, 0.25) is 0 Å². The maximum Gasteiger partial charge on any atom is 0.136 e. The van der Waals surface area contributed by atoms with E-state index in [0.29, 0.717) is 0 Å². The second-order valence-electron chi connectivity index (χ2n) is 1.30. The number of hydrogen-bond donors (Lipinski definition) is 0. The van der Waals surface area contributed by atoms with Gasteiger partial charge in [-0.15, -0.1) is 0 Å². The second kappa shape index (κ2) is 1.81. The van der Waals surface area contributed by atoms with Crippen molar-refractivity contribution in [3.8, 4) is 11.8 Å². The van der Waals surface area contributed by atoms with Gasteiger partial charge in [-0.1, -0.05) is 0 Å². The highest BCUT2D eigenvalue weighted by molar-refractivity contribution is 5.17. The zero-order chi connectivity index (χ0) is 5.91. The molecule has 0 aromatic carbocycles. The Kier molecular flexibility index (Phi) is 1.62. The van der Waals surface area contributed by atoms with Crippen LogP contribution < -0.4 is 5.11 Å². The van der Waals surface area contributed by atoms with Gasteiger partial charge in [0.15, 0.2) is 0 Å². The summed E-state index contributed by atoms with van der Waals surface area (Å²) in [4.78, 5) is 0. The van der Waals surface area contributed by atoms with E-state index in [0.717, 1.165) is 0 Å². The summed E-state index contributed by atoms with van der Waals surface area (Å²) in [7, 11) is 0. The fraction of sp³-hybridized carbons (Fsp3) is 0.167. The predicted molar refractivity (Wildman–Crippen MR) is 26.6 cm³/mol. The quantitative estimate of drug-likeness (QED) is 0.295. The first-order valence-corrected chi connectivity index (χ1v) is 1.76. The summed E-state index contributed by atoms with van der Waals surface area (Å²) in [6.07, 6.45) is 0.